The van der Waals surface area contributed by atoms with Crippen molar-refractivity contribution < 1.29 is 15.0 Å². The molecule has 0 heterocycles. The van der Waals surface area contributed by atoms with E-state index in [9.17, 15) is 4.79 Å². The molecule has 4 heteroatoms. The molecule has 0 aliphatic heterocycles. The third kappa shape index (κ3) is 3.46. The van der Waals surface area contributed by atoms with Gasteiger partial charge in [0.15, 0.2) is 0 Å². The van der Waals surface area contributed by atoms with Crippen molar-refractivity contribution in [3.05, 3.63) is 29.3 Å². The second-order valence-electron chi connectivity index (χ2n) is 4.43. The summed E-state index contributed by atoms with van der Waals surface area (Å²) in [6.45, 7) is 5.94. The number of carboxylic acid groups (broad SMARTS) is 1. The Bertz CT molecular complexity index is 404. The summed E-state index contributed by atoms with van der Waals surface area (Å²) < 4.78 is 0. The maximum absolute atomic E-state index is 10.8. The molecular formula is C13H19NO3. The van der Waals surface area contributed by atoms with E-state index in [-0.39, 0.29) is 24.1 Å². The summed E-state index contributed by atoms with van der Waals surface area (Å²) >= 11 is 0. The van der Waals surface area contributed by atoms with Gasteiger partial charge >= 0.3 is 5.97 Å². The third-order valence-corrected chi connectivity index (χ3v) is 3.00. The molecule has 0 aromatic heterocycles. The Morgan fingerprint density at radius 1 is 1.41 bits per heavy atom. The number of aliphatic hydroxyl groups is 1. The fourth-order valence-electron chi connectivity index (χ4n) is 1.50. The molecule has 0 saturated carbocycles. The average Bonchev–Trinajstić information content (AvgIpc) is 2.30. The Morgan fingerprint density at radius 2 is 2.06 bits per heavy atom. The molecule has 0 saturated heterocycles. The van der Waals surface area contributed by atoms with Gasteiger partial charge in [-0.3, -0.25) is 0 Å². The molecular weight excluding hydrogens is 218 g/mol. The van der Waals surface area contributed by atoms with Crippen molar-refractivity contribution in [1.82, 2.24) is 0 Å². The highest BCUT2D eigenvalue weighted by atomic mass is 16.4. The molecule has 4 nitrogen and oxygen atoms in total. The molecule has 0 aliphatic rings. The van der Waals surface area contributed by atoms with E-state index in [4.69, 9.17) is 10.2 Å². The SMILES string of the molecule is Cc1cc(C(=O)O)ccc1NC(C)C(C)CO. The lowest BCUT2D eigenvalue weighted by Gasteiger charge is -2.21. The van der Waals surface area contributed by atoms with Crippen LogP contribution in [0.4, 0.5) is 5.69 Å². The van der Waals surface area contributed by atoms with E-state index in [1.54, 1.807) is 18.2 Å². The van der Waals surface area contributed by atoms with Gasteiger partial charge in [0.2, 0.25) is 0 Å². The van der Waals surface area contributed by atoms with Crippen molar-refractivity contribution in [1.29, 1.82) is 0 Å². The van der Waals surface area contributed by atoms with Crippen LogP contribution < -0.4 is 5.32 Å². The number of nitrogens with one attached hydrogen (secondary N) is 1. The zero-order valence-corrected chi connectivity index (χ0v) is 10.4. The lowest BCUT2D eigenvalue weighted by Crippen LogP contribution is -2.26. The lowest BCUT2D eigenvalue weighted by atomic mass is 10.0. The van der Waals surface area contributed by atoms with Gasteiger partial charge in [0.1, 0.15) is 0 Å². The smallest absolute Gasteiger partial charge is 0.335 e. The number of benzene rings is 1. The van der Waals surface area contributed by atoms with Crippen LogP contribution in [0.25, 0.3) is 0 Å². The summed E-state index contributed by atoms with van der Waals surface area (Å²) in [5.41, 5.74) is 2.08. The molecule has 1 aromatic rings. The topological polar surface area (TPSA) is 69.6 Å². The van der Waals surface area contributed by atoms with Crippen LogP contribution in [0.3, 0.4) is 0 Å². The average molecular weight is 237 g/mol. The quantitative estimate of drug-likeness (QED) is 0.733. The van der Waals surface area contributed by atoms with E-state index < -0.39 is 5.97 Å². The van der Waals surface area contributed by atoms with Crippen LogP contribution in [0.2, 0.25) is 0 Å². The standard InChI is InChI=1S/C13H19NO3/c1-8-6-11(13(16)17)4-5-12(8)14-10(3)9(2)7-15/h4-6,9-10,14-15H,7H2,1-3H3,(H,16,17). The Morgan fingerprint density at radius 3 is 2.53 bits per heavy atom. The van der Waals surface area contributed by atoms with Gasteiger partial charge < -0.3 is 15.5 Å². The van der Waals surface area contributed by atoms with Crippen molar-refractivity contribution in [3.63, 3.8) is 0 Å². The van der Waals surface area contributed by atoms with Gasteiger partial charge in [-0.1, -0.05) is 6.92 Å². The summed E-state index contributed by atoms with van der Waals surface area (Å²) in [5, 5.41) is 21.2. The van der Waals surface area contributed by atoms with Gasteiger partial charge in [0.05, 0.1) is 5.56 Å². The van der Waals surface area contributed by atoms with Gasteiger partial charge in [-0.25, -0.2) is 4.79 Å². The summed E-state index contributed by atoms with van der Waals surface area (Å²) in [4.78, 5) is 10.8. The van der Waals surface area contributed by atoms with Gasteiger partial charge in [-0.15, -0.1) is 0 Å². The lowest BCUT2D eigenvalue weighted by molar-refractivity contribution is 0.0697. The first kappa shape index (κ1) is 13.5. The number of aryl methyl sites for hydroxylation is 1. The number of aromatic carboxylic acids is 1. The number of hydrogen-bond acceptors (Lipinski definition) is 3. The Hall–Kier alpha value is -1.55. The van der Waals surface area contributed by atoms with E-state index in [1.165, 1.54) is 0 Å². The molecule has 94 valence electrons. The normalized spacial score (nSPS) is 14.1. The van der Waals surface area contributed by atoms with Crippen LogP contribution in [-0.4, -0.2) is 28.8 Å². The molecule has 3 N–H and O–H groups in total. The van der Waals surface area contributed by atoms with Crippen LogP contribution in [0.1, 0.15) is 29.8 Å². The molecule has 1 rings (SSSR count). The minimum Gasteiger partial charge on any atom is -0.478 e. The van der Waals surface area contributed by atoms with Crippen LogP contribution in [0.5, 0.6) is 0 Å². The number of rotatable bonds is 5. The molecule has 0 amide bonds. The van der Waals surface area contributed by atoms with E-state index in [0.717, 1.165) is 11.3 Å². The predicted octanol–water partition coefficient (Wildman–Crippen LogP) is 2.12. The van der Waals surface area contributed by atoms with E-state index in [2.05, 4.69) is 5.32 Å². The fourth-order valence-corrected chi connectivity index (χ4v) is 1.50. The summed E-state index contributed by atoms with van der Waals surface area (Å²) in [6, 6.07) is 5.11. The van der Waals surface area contributed by atoms with E-state index >= 15 is 0 Å². The second-order valence-corrected chi connectivity index (χ2v) is 4.43. The summed E-state index contributed by atoms with van der Waals surface area (Å²) in [5.74, 6) is -0.773. The van der Waals surface area contributed by atoms with E-state index in [0.29, 0.717) is 0 Å². The van der Waals surface area contributed by atoms with Gasteiger partial charge in [0, 0.05) is 18.3 Å². The minimum absolute atomic E-state index is 0.125. The highest BCUT2D eigenvalue weighted by Crippen LogP contribution is 2.19. The van der Waals surface area contributed by atoms with Crippen molar-refractivity contribution in [3.8, 4) is 0 Å². The Balaban J connectivity index is 2.82. The molecule has 17 heavy (non-hydrogen) atoms. The number of aliphatic hydroxyl groups excluding tert-OH is 1. The van der Waals surface area contributed by atoms with E-state index in [1.807, 2.05) is 20.8 Å². The van der Waals surface area contributed by atoms with Crippen LogP contribution in [0, 0.1) is 12.8 Å². The number of anilines is 1. The van der Waals surface area contributed by atoms with Crippen molar-refractivity contribution in [2.75, 3.05) is 11.9 Å². The maximum atomic E-state index is 10.8. The highest BCUT2D eigenvalue weighted by Gasteiger charge is 2.12. The number of carboxylic acids is 1. The molecule has 2 unspecified atom stereocenters. The third-order valence-electron chi connectivity index (χ3n) is 3.00. The Kier molecular flexibility index (Phi) is 4.52. The Labute approximate surface area is 101 Å². The number of hydrogen-bond donors (Lipinski definition) is 3. The predicted molar refractivity (Wildman–Crippen MR) is 67.5 cm³/mol. The van der Waals surface area contributed by atoms with Gasteiger partial charge in [-0.05, 0) is 43.5 Å². The number of carbonyl (C=O) groups is 1. The largest absolute Gasteiger partial charge is 0.478 e. The first-order valence-electron chi connectivity index (χ1n) is 5.67. The summed E-state index contributed by atoms with van der Waals surface area (Å²) in [6.07, 6.45) is 0. The second kappa shape index (κ2) is 5.68. The molecule has 0 radical (unpaired) electrons. The molecule has 0 spiro atoms. The molecule has 1 aromatic carbocycles. The zero-order chi connectivity index (χ0) is 13.0. The first-order chi connectivity index (χ1) is 7.95. The minimum atomic E-state index is -0.920. The first-order valence-corrected chi connectivity index (χ1v) is 5.67. The van der Waals surface area contributed by atoms with Crippen LogP contribution in [-0.2, 0) is 0 Å². The molecule has 0 bridgehead atoms. The zero-order valence-electron chi connectivity index (χ0n) is 10.4. The van der Waals surface area contributed by atoms with Crippen molar-refractivity contribution in [2.24, 2.45) is 5.92 Å². The van der Waals surface area contributed by atoms with Crippen molar-refractivity contribution >= 4 is 11.7 Å². The van der Waals surface area contributed by atoms with Crippen LogP contribution in [0.15, 0.2) is 18.2 Å². The van der Waals surface area contributed by atoms with Gasteiger partial charge in [-0.2, -0.15) is 0 Å². The van der Waals surface area contributed by atoms with Gasteiger partial charge in [0.25, 0.3) is 0 Å². The molecule has 2 atom stereocenters. The maximum Gasteiger partial charge on any atom is 0.335 e. The molecule has 0 aliphatic carbocycles. The summed E-state index contributed by atoms with van der Waals surface area (Å²) in [7, 11) is 0. The van der Waals surface area contributed by atoms with Crippen molar-refractivity contribution in [2.45, 2.75) is 26.8 Å². The fraction of sp³-hybridized carbons (Fsp3) is 0.462. The monoisotopic (exact) mass is 237 g/mol. The van der Waals surface area contributed by atoms with Crippen LogP contribution >= 0.6 is 0 Å². The molecule has 0 fully saturated rings. The highest BCUT2D eigenvalue weighted by molar-refractivity contribution is 5.88.